The second-order valence-electron chi connectivity index (χ2n) is 7.05. The van der Waals surface area contributed by atoms with Crippen LogP contribution in [-0.2, 0) is 0 Å². The number of anilines is 2. The lowest BCUT2D eigenvalue weighted by molar-refractivity contribution is -0.919. The number of aliphatic hydroxyl groups is 1. The number of quaternary nitrogens is 1. The lowest BCUT2D eigenvalue weighted by Crippen LogP contribution is -3.00. The van der Waals surface area contributed by atoms with E-state index in [0.717, 1.165) is 24.2 Å². The summed E-state index contributed by atoms with van der Waals surface area (Å²) in [5.74, 6) is 0. The summed E-state index contributed by atoms with van der Waals surface area (Å²) in [7, 11) is 2.39. The Bertz CT molecular complexity index is 517. The molecule has 2 saturated heterocycles. The van der Waals surface area contributed by atoms with Gasteiger partial charge in [-0.2, -0.15) is 0 Å². The Morgan fingerprint density at radius 2 is 2.00 bits per heavy atom. The van der Waals surface area contributed by atoms with Crippen molar-refractivity contribution in [2.45, 2.75) is 38.3 Å². The second kappa shape index (κ2) is 6.65. The first-order chi connectivity index (χ1) is 10.0. The van der Waals surface area contributed by atoms with E-state index in [0.29, 0.717) is 6.04 Å². The van der Waals surface area contributed by atoms with Gasteiger partial charge in [-0.25, -0.2) is 0 Å². The number of aliphatic hydroxyl groups excluding tert-OH is 1. The average molecular weight is 326 g/mol. The summed E-state index contributed by atoms with van der Waals surface area (Å²) in [6.45, 7) is 5.91. The minimum absolute atomic E-state index is 0. The fourth-order valence-electron chi connectivity index (χ4n) is 4.09. The normalized spacial score (nSPS) is 27.0. The van der Waals surface area contributed by atoms with Crippen molar-refractivity contribution in [3.05, 3.63) is 23.8 Å². The molecule has 2 heterocycles. The number of rotatable bonds is 3. The van der Waals surface area contributed by atoms with Gasteiger partial charge in [0.25, 0.3) is 0 Å². The molecule has 2 unspecified atom stereocenters. The van der Waals surface area contributed by atoms with Crippen LogP contribution in [-0.4, -0.2) is 55.0 Å². The fraction of sp³-hybridized carbons (Fsp3) is 0.647. The van der Waals surface area contributed by atoms with Crippen LogP contribution >= 0.6 is 0 Å². The Labute approximate surface area is 139 Å². The molecular weight excluding hydrogens is 298 g/mol. The number of likely N-dealkylation sites (tertiary alicyclic amines) is 1. The molecule has 22 heavy (non-hydrogen) atoms. The highest BCUT2D eigenvalue weighted by Gasteiger charge is 2.44. The van der Waals surface area contributed by atoms with E-state index in [-0.39, 0.29) is 25.1 Å². The molecular formula is C17H28ClN3O. The highest BCUT2D eigenvalue weighted by Crippen LogP contribution is 2.34. The van der Waals surface area contributed by atoms with Crippen molar-refractivity contribution in [1.82, 2.24) is 0 Å². The molecule has 0 saturated carbocycles. The maximum absolute atomic E-state index is 9.79. The number of nitrogens with zero attached hydrogens (tertiary/aromatic N) is 2. The largest absolute Gasteiger partial charge is 1.00 e. The van der Waals surface area contributed by atoms with E-state index < -0.39 is 0 Å². The van der Waals surface area contributed by atoms with Gasteiger partial charge in [-0.3, -0.25) is 0 Å². The Kier molecular flexibility index (Phi) is 5.25. The lowest BCUT2D eigenvalue weighted by Gasteiger charge is -2.35. The molecule has 0 aliphatic carbocycles. The van der Waals surface area contributed by atoms with Crippen LogP contribution in [0.1, 0.15) is 24.8 Å². The number of aryl methyl sites for hydroxylation is 1. The summed E-state index contributed by atoms with van der Waals surface area (Å²) in [5, 5.41) is 9.79. The molecule has 2 atom stereocenters. The first-order valence-corrected chi connectivity index (χ1v) is 8.11. The molecule has 0 radical (unpaired) electrons. The molecule has 2 aliphatic rings. The second-order valence-corrected chi connectivity index (χ2v) is 7.05. The molecule has 3 N–H and O–H groups in total. The van der Waals surface area contributed by atoms with Crippen molar-refractivity contribution >= 4 is 11.4 Å². The molecule has 2 fully saturated rings. The third-order valence-corrected chi connectivity index (χ3v) is 5.66. The zero-order valence-corrected chi connectivity index (χ0v) is 14.4. The molecule has 3 rings (SSSR count). The molecule has 1 aromatic carbocycles. The number of likely N-dealkylation sites (N-methyl/N-ethyl adjacent to an activating group) is 1. The molecule has 5 heteroatoms. The predicted molar refractivity (Wildman–Crippen MR) is 87.4 cm³/mol. The van der Waals surface area contributed by atoms with E-state index in [1.165, 1.54) is 36.1 Å². The Morgan fingerprint density at radius 3 is 2.59 bits per heavy atom. The molecule has 124 valence electrons. The van der Waals surface area contributed by atoms with Crippen LogP contribution in [0, 0.1) is 6.92 Å². The number of halogens is 1. The molecule has 4 nitrogen and oxygen atoms in total. The van der Waals surface area contributed by atoms with Crippen molar-refractivity contribution < 1.29 is 22.0 Å². The Morgan fingerprint density at radius 1 is 1.32 bits per heavy atom. The van der Waals surface area contributed by atoms with Crippen LogP contribution in [0.15, 0.2) is 18.2 Å². The minimum atomic E-state index is 0. The number of hydrogen-bond donors (Lipinski definition) is 2. The molecule has 0 amide bonds. The van der Waals surface area contributed by atoms with Gasteiger partial charge in [0.15, 0.2) is 0 Å². The lowest BCUT2D eigenvalue weighted by atomic mass is 10.1. The van der Waals surface area contributed by atoms with E-state index in [1.807, 2.05) is 6.07 Å². The first kappa shape index (κ1) is 17.4. The van der Waals surface area contributed by atoms with Crippen molar-refractivity contribution in [2.75, 3.05) is 43.9 Å². The summed E-state index contributed by atoms with van der Waals surface area (Å²) in [4.78, 5) is 2.39. The van der Waals surface area contributed by atoms with Crippen molar-refractivity contribution in [2.24, 2.45) is 0 Å². The van der Waals surface area contributed by atoms with Gasteiger partial charge in [0.1, 0.15) is 6.04 Å². The van der Waals surface area contributed by atoms with Crippen LogP contribution < -0.4 is 23.0 Å². The zero-order chi connectivity index (χ0) is 15.0. The summed E-state index contributed by atoms with van der Waals surface area (Å²) >= 11 is 0. The molecule has 1 aromatic rings. The van der Waals surface area contributed by atoms with Gasteiger partial charge in [0, 0.05) is 30.6 Å². The van der Waals surface area contributed by atoms with Gasteiger partial charge in [-0.1, -0.05) is 0 Å². The van der Waals surface area contributed by atoms with Crippen LogP contribution in [0.25, 0.3) is 0 Å². The predicted octanol–water partition coefficient (Wildman–Crippen LogP) is -1.24. The smallest absolute Gasteiger partial charge is 0.109 e. The zero-order valence-electron chi connectivity index (χ0n) is 13.6. The first-order valence-electron chi connectivity index (χ1n) is 8.11. The van der Waals surface area contributed by atoms with E-state index in [4.69, 9.17) is 5.73 Å². The highest BCUT2D eigenvalue weighted by molar-refractivity contribution is 5.59. The summed E-state index contributed by atoms with van der Waals surface area (Å²) < 4.78 is 1.18. The van der Waals surface area contributed by atoms with E-state index in [1.54, 1.807) is 0 Å². The van der Waals surface area contributed by atoms with Gasteiger partial charge in [-0.05, 0) is 30.7 Å². The van der Waals surface area contributed by atoms with Gasteiger partial charge in [-0.15, -0.1) is 0 Å². The van der Waals surface area contributed by atoms with Gasteiger partial charge >= 0.3 is 0 Å². The third-order valence-electron chi connectivity index (χ3n) is 5.66. The van der Waals surface area contributed by atoms with Gasteiger partial charge in [0.05, 0.1) is 39.3 Å². The molecule has 0 spiro atoms. The SMILES string of the molecule is Cc1cc(N2CC([N+]3(C)CCCC3)CC2CO)ccc1N.[Cl-]. The van der Waals surface area contributed by atoms with E-state index in [9.17, 15) is 5.11 Å². The van der Waals surface area contributed by atoms with Gasteiger partial charge in [0.2, 0.25) is 0 Å². The van der Waals surface area contributed by atoms with E-state index in [2.05, 4.69) is 31.0 Å². The maximum atomic E-state index is 9.79. The standard InChI is InChI=1S/C17H28N3O.ClH/c1-13-9-14(5-6-17(13)18)19-11-16(10-15(19)12-21)20(2)7-3-4-8-20;/h5-6,9,15-16,21H,3-4,7-8,10-12,18H2,1-2H3;1H/q+1;/p-1. The molecule has 0 aromatic heterocycles. The Balaban J connectivity index is 0.00000176. The van der Waals surface area contributed by atoms with Crippen molar-refractivity contribution in [3.8, 4) is 0 Å². The fourth-order valence-corrected chi connectivity index (χ4v) is 4.09. The highest BCUT2D eigenvalue weighted by atomic mass is 35.5. The van der Waals surface area contributed by atoms with E-state index >= 15 is 0 Å². The molecule has 2 aliphatic heterocycles. The average Bonchev–Trinajstić information content (AvgIpc) is 3.09. The summed E-state index contributed by atoms with van der Waals surface area (Å²) in [6, 6.07) is 7.12. The monoisotopic (exact) mass is 325 g/mol. The Hall–Kier alpha value is -0.970. The van der Waals surface area contributed by atoms with Crippen LogP contribution in [0.2, 0.25) is 0 Å². The number of nitrogens with two attached hydrogens (primary N) is 1. The topological polar surface area (TPSA) is 49.5 Å². The van der Waals surface area contributed by atoms with Crippen LogP contribution in [0.4, 0.5) is 11.4 Å². The number of benzene rings is 1. The minimum Gasteiger partial charge on any atom is -1.00 e. The number of hydrogen-bond acceptors (Lipinski definition) is 3. The summed E-state index contributed by atoms with van der Waals surface area (Å²) in [5.41, 5.74) is 9.10. The van der Waals surface area contributed by atoms with Crippen LogP contribution in [0.3, 0.4) is 0 Å². The van der Waals surface area contributed by atoms with Crippen LogP contribution in [0.5, 0.6) is 0 Å². The van der Waals surface area contributed by atoms with Crippen molar-refractivity contribution in [1.29, 1.82) is 0 Å². The van der Waals surface area contributed by atoms with Gasteiger partial charge < -0.3 is 32.6 Å². The third kappa shape index (κ3) is 3.05. The maximum Gasteiger partial charge on any atom is 0.109 e. The summed E-state index contributed by atoms with van der Waals surface area (Å²) in [6.07, 6.45) is 3.78. The quantitative estimate of drug-likeness (QED) is 0.540. The van der Waals surface area contributed by atoms with Crippen molar-refractivity contribution in [3.63, 3.8) is 0 Å². The molecule has 0 bridgehead atoms. The number of nitrogen functional groups attached to an aromatic ring is 1.